The van der Waals surface area contributed by atoms with Gasteiger partial charge in [0.15, 0.2) is 0 Å². The van der Waals surface area contributed by atoms with Gasteiger partial charge in [0, 0.05) is 30.2 Å². The Labute approximate surface area is 168 Å². The summed E-state index contributed by atoms with van der Waals surface area (Å²) < 4.78 is 34.1. The number of halogens is 1. The summed E-state index contributed by atoms with van der Waals surface area (Å²) in [6, 6.07) is 9.89. The standard InChI is InChI=1S/C19H20ClN3O4S/c20-14-2-5-18(23-7-9-27-10-8-23)17(12-14)22-28(25,26)15-3-4-16-13(11-15)1-6-19(24)21-16/h2-5,11-12,22H,1,6-10H2,(H,21,24). The first-order valence-corrected chi connectivity index (χ1v) is 10.9. The number of anilines is 3. The highest BCUT2D eigenvalue weighted by Crippen LogP contribution is 2.32. The Bertz CT molecular complexity index is 1020. The number of nitrogens with one attached hydrogen (secondary N) is 2. The fourth-order valence-corrected chi connectivity index (χ4v) is 4.69. The first kappa shape index (κ1) is 19.0. The third-order valence-corrected chi connectivity index (χ3v) is 6.44. The van der Waals surface area contributed by atoms with Gasteiger partial charge in [0.05, 0.1) is 29.5 Å². The van der Waals surface area contributed by atoms with Gasteiger partial charge in [-0.3, -0.25) is 9.52 Å². The Kier molecular flexibility index (Phi) is 5.18. The quantitative estimate of drug-likeness (QED) is 0.792. The van der Waals surface area contributed by atoms with E-state index in [2.05, 4.69) is 14.9 Å². The summed E-state index contributed by atoms with van der Waals surface area (Å²) in [5.74, 6) is -0.0599. The molecule has 2 aromatic rings. The second-order valence-corrected chi connectivity index (χ2v) is 8.85. The number of sulfonamides is 1. The number of rotatable bonds is 4. The average Bonchev–Trinajstić information content (AvgIpc) is 2.68. The second kappa shape index (κ2) is 7.62. The first-order chi connectivity index (χ1) is 13.4. The number of fused-ring (bicyclic) bond motifs is 1. The lowest BCUT2D eigenvalue weighted by atomic mass is 10.0. The summed E-state index contributed by atoms with van der Waals surface area (Å²) in [6.07, 6.45) is 0.861. The molecule has 2 aliphatic rings. The zero-order valence-electron chi connectivity index (χ0n) is 15.1. The number of hydrogen-bond acceptors (Lipinski definition) is 5. The third-order valence-electron chi connectivity index (χ3n) is 4.84. The molecule has 0 saturated carbocycles. The number of ether oxygens (including phenoxy) is 1. The highest BCUT2D eigenvalue weighted by atomic mass is 35.5. The maximum absolute atomic E-state index is 13.0. The largest absolute Gasteiger partial charge is 0.378 e. The summed E-state index contributed by atoms with van der Waals surface area (Å²) >= 11 is 6.12. The van der Waals surface area contributed by atoms with E-state index in [-0.39, 0.29) is 10.8 Å². The van der Waals surface area contributed by atoms with Crippen LogP contribution in [0.15, 0.2) is 41.3 Å². The lowest BCUT2D eigenvalue weighted by Crippen LogP contribution is -2.36. The summed E-state index contributed by atoms with van der Waals surface area (Å²) in [5, 5.41) is 3.20. The highest BCUT2D eigenvalue weighted by molar-refractivity contribution is 7.92. The lowest BCUT2D eigenvalue weighted by molar-refractivity contribution is -0.116. The number of hydrogen-bond donors (Lipinski definition) is 2. The van der Waals surface area contributed by atoms with Crippen molar-refractivity contribution in [3.63, 3.8) is 0 Å². The molecule has 0 radical (unpaired) electrons. The van der Waals surface area contributed by atoms with Crippen molar-refractivity contribution >= 4 is 44.6 Å². The monoisotopic (exact) mass is 421 g/mol. The number of aryl methyl sites for hydroxylation is 1. The molecule has 2 aliphatic heterocycles. The van der Waals surface area contributed by atoms with Crippen molar-refractivity contribution in [1.82, 2.24) is 0 Å². The van der Waals surface area contributed by atoms with Crippen molar-refractivity contribution in [2.45, 2.75) is 17.7 Å². The Morgan fingerprint density at radius 2 is 1.86 bits per heavy atom. The minimum absolute atomic E-state index is 0.0599. The molecule has 2 N–H and O–H groups in total. The van der Waals surface area contributed by atoms with Gasteiger partial charge in [0.1, 0.15) is 0 Å². The van der Waals surface area contributed by atoms with Gasteiger partial charge in [-0.25, -0.2) is 8.42 Å². The Hall–Kier alpha value is -2.29. The van der Waals surface area contributed by atoms with Crippen LogP contribution < -0.4 is 14.9 Å². The average molecular weight is 422 g/mol. The van der Waals surface area contributed by atoms with Gasteiger partial charge in [-0.2, -0.15) is 0 Å². The molecule has 9 heteroatoms. The first-order valence-electron chi connectivity index (χ1n) is 9.00. The minimum atomic E-state index is -3.82. The number of amides is 1. The molecule has 1 amide bonds. The van der Waals surface area contributed by atoms with E-state index in [4.69, 9.17) is 16.3 Å². The number of carbonyl (C=O) groups is 1. The maximum atomic E-state index is 13.0. The van der Waals surface area contributed by atoms with Crippen molar-refractivity contribution in [3.8, 4) is 0 Å². The van der Waals surface area contributed by atoms with Crippen molar-refractivity contribution in [2.75, 3.05) is 41.2 Å². The third kappa shape index (κ3) is 3.94. The molecule has 0 bridgehead atoms. The molecular formula is C19H20ClN3O4S. The maximum Gasteiger partial charge on any atom is 0.261 e. The number of nitrogens with zero attached hydrogens (tertiary/aromatic N) is 1. The highest BCUT2D eigenvalue weighted by Gasteiger charge is 2.23. The molecule has 2 aromatic carbocycles. The SMILES string of the molecule is O=C1CCc2cc(S(=O)(=O)Nc3cc(Cl)ccc3N3CCOCC3)ccc2N1. The van der Waals surface area contributed by atoms with E-state index in [1.807, 2.05) is 6.07 Å². The Balaban J connectivity index is 1.65. The van der Waals surface area contributed by atoms with Crippen LogP contribution >= 0.6 is 11.6 Å². The molecule has 7 nitrogen and oxygen atoms in total. The number of carbonyl (C=O) groups excluding carboxylic acids is 1. The molecule has 4 rings (SSSR count). The molecule has 2 heterocycles. The van der Waals surface area contributed by atoms with Crippen molar-refractivity contribution in [2.24, 2.45) is 0 Å². The summed E-state index contributed by atoms with van der Waals surface area (Å²) in [5.41, 5.74) is 2.66. The van der Waals surface area contributed by atoms with Crippen LogP contribution in [0.25, 0.3) is 0 Å². The topological polar surface area (TPSA) is 87.7 Å². The smallest absolute Gasteiger partial charge is 0.261 e. The minimum Gasteiger partial charge on any atom is -0.378 e. The van der Waals surface area contributed by atoms with Gasteiger partial charge in [0.25, 0.3) is 10.0 Å². The second-order valence-electron chi connectivity index (χ2n) is 6.73. The molecule has 0 spiro atoms. The van der Waals surface area contributed by atoms with Crippen molar-refractivity contribution < 1.29 is 17.9 Å². The lowest BCUT2D eigenvalue weighted by Gasteiger charge is -2.30. The van der Waals surface area contributed by atoms with Crippen molar-refractivity contribution in [3.05, 3.63) is 47.0 Å². The molecule has 148 valence electrons. The number of benzene rings is 2. The summed E-state index contributed by atoms with van der Waals surface area (Å²) in [7, 11) is -3.82. The van der Waals surface area contributed by atoms with E-state index in [0.29, 0.717) is 55.5 Å². The molecule has 1 saturated heterocycles. The molecule has 1 fully saturated rings. The zero-order chi connectivity index (χ0) is 19.7. The van der Waals surface area contributed by atoms with Crippen LogP contribution in [0.5, 0.6) is 0 Å². The van der Waals surface area contributed by atoms with Gasteiger partial charge < -0.3 is 15.0 Å². The fourth-order valence-electron chi connectivity index (χ4n) is 3.40. The van der Waals surface area contributed by atoms with E-state index in [9.17, 15) is 13.2 Å². The van der Waals surface area contributed by atoms with E-state index in [1.54, 1.807) is 24.3 Å². The molecular weight excluding hydrogens is 402 g/mol. The van der Waals surface area contributed by atoms with Gasteiger partial charge in [0.2, 0.25) is 5.91 Å². The normalized spacial score (nSPS) is 17.0. The predicted octanol–water partition coefficient (Wildman–Crippen LogP) is 2.86. The molecule has 0 aromatic heterocycles. The fraction of sp³-hybridized carbons (Fsp3) is 0.316. The van der Waals surface area contributed by atoms with E-state index >= 15 is 0 Å². The van der Waals surface area contributed by atoms with Crippen LogP contribution in [-0.2, 0) is 26.0 Å². The molecule has 0 unspecified atom stereocenters. The molecule has 0 atom stereocenters. The Morgan fingerprint density at radius 3 is 2.64 bits per heavy atom. The summed E-state index contributed by atoms with van der Waals surface area (Å²) in [6.45, 7) is 2.53. The van der Waals surface area contributed by atoms with Crippen LogP contribution in [0.4, 0.5) is 17.1 Å². The van der Waals surface area contributed by atoms with Gasteiger partial charge in [-0.1, -0.05) is 11.6 Å². The van der Waals surface area contributed by atoms with E-state index < -0.39 is 10.0 Å². The van der Waals surface area contributed by atoms with Gasteiger partial charge in [-0.15, -0.1) is 0 Å². The Morgan fingerprint density at radius 1 is 1.07 bits per heavy atom. The van der Waals surface area contributed by atoms with Crippen LogP contribution in [0, 0.1) is 0 Å². The van der Waals surface area contributed by atoms with Crippen LogP contribution in [0.2, 0.25) is 5.02 Å². The van der Waals surface area contributed by atoms with Gasteiger partial charge in [-0.05, 0) is 48.4 Å². The van der Waals surface area contributed by atoms with Crippen LogP contribution in [-0.4, -0.2) is 40.6 Å². The predicted molar refractivity (Wildman–Crippen MR) is 109 cm³/mol. The molecule has 0 aliphatic carbocycles. The van der Waals surface area contributed by atoms with Crippen LogP contribution in [0.3, 0.4) is 0 Å². The number of morpholine rings is 1. The molecule has 28 heavy (non-hydrogen) atoms. The van der Waals surface area contributed by atoms with E-state index in [1.165, 1.54) is 6.07 Å². The van der Waals surface area contributed by atoms with Gasteiger partial charge >= 0.3 is 0 Å². The van der Waals surface area contributed by atoms with E-state index in [0.717, 1.165) is 11.3 Å². The van der Waals surface area contributed by atoms with Crippen LogP contribution in [0.1, 0.15) is 12.0 Å². The summed E-state index contributed by atoms with van der Waals surface area (Å²) in [4.78, 5) is 13.7. The van der Waals surface area contributed by atoms with Crippen molar-refractivity contribution in [1.29, 1.82) is 0 Å². The zero-order valence-corrected chi connectivity index (χ0v) is 16.6.